The predicted octanol–water partition coefficient (Wildman–Crippen LogP) is 3.99. The monoisotopic (exact) mass is 391 g/mol. The van der Waals surface area contributed by atoms with Gasteiger partial charge in [-0.05, 0) is 63.5 Å². The van der Waals surface area contributed by atoms with Crippen LogP contribution in [0.25, 0.3) is 0 Å². The molecule has 1 aliphatic carbocycles. The van der Waals surface area contributed by atoms with Gasteiger partial charge in [-0.2, -0.15) is 0 Å². The Labute approximate surface area is 162 Å². The fraction of sp³-hybridized carbons (Fsp3) is 0.526. The number of thiazole rings is 1. The average Bonchev–Trinajstić information content (AvgIpc) is 3.23. The van der Waals surface area contributed by atoms with E-state index in [1.807, 2.05) is 37.6 Å². The van der Waals surface area contributed by atoms with Gasteiger partial charge >= 0.3 is 0 Å². The lowest BCUT2D eigenvalue weighted by atomic mass is 9.85. The lowest BCUT2D eigenvalue weighted by Gasteiger charge is -2.29. The summed E-state index contributed by atoms with van der Waals surface area (Å²) in [5.74, 6) is 0.133. The highest BCUT2D eigenvalue weighted by molar-refractivity contribution is 7.12. The van der Waals surface area contributed by atoms with Crippen molar-refractivity contribution in [3.05, 3.63) is 38.0 Å². The number of aromatic nitrogens is 1. The van der Waals surface area contributed by atoms with Crippen molar-refractivity contribution in [2.24, 2.45) is 5.92 Å². The lowest BCUT2D eigenvalue weighted by Crippen LogP contribution is -2.41. The molecule has 0 aromatic carbocycles. The van der Waals surface area contributed by atoms with Crippen LogP contribution in [-0.4, -0.2) is 22.8 Å². The first-order valence-corrected chi connectivity index (χ1v) is 10.8. The Morgan fingerprint density at radius 1 is 1.19 bits per heavy atom. The summed E-state index contributed by atoms with van der Waals surface area (Å²) in [6.07, 6.45) is 3.31. The number of nitrogens with zero attached hydrogens (tertiary/aromatic N) is 1. The van der Waals surface area contributed by atoms with Crippen molar-refractivity contribution in [2.75, 3.05) is 0 Å². The maximum atomic E-state index is 12.5. The number of carbonyl (C=O) groups is 2. The van der Waals surface area contributed by atoms with E-state index in [1.54, 1.807) is 11.3 Å². The molecule has 2 amide bonds. The van der Waals surface area contributed by atoms with E-state index in [9.17, 15) is 9.59 Å². The van der Waals surface area contributed by atoms with Crippen molar-refractivity contribution in [3.63, 3.8) is 0 Å². The van der Waals surface area contributed by atoms with Crippen LogP contribution >= 0.6 is 22.7 Å². The molecule has 26 heavy (non-hydrogen) atoms. The zero-order chi connectivity index (χ0) is 18.7. The van der Waals surface area contributed by atoms with Gasteiger partial charge in [0.2, 0.25) is 5.91 Å². The van der Waals surface area contributed by atoms with Crippen LogP contribution in [0.15, 0.2) is 16.8 Å². The van der Waals surface area contributed by atoms with E-state index in [4.69, 9.17) is 0 Å². The van der Waals surface area contributed by atoms with Gasteiger partial charge in [0.15, 0.2) is 0 Å². The molecule has 140 valence electrons. The summed E-state index contributed by atoms with van der Waals surface area (Å²) in [6.45, 7) is 5.90. The third kappa shape index (κ3) is 4.51. The molecule has 2 heterocycles. The first-order valence-electron chi connectivity index (χ1n) is 9.01. The molecule has 5 nitrogen and oxygen atoms in total. The summed E-state index contributed by atoms with van der Waals surface area (Å²) in [4.78, 5) is 30.1. The Morgan fingerprint density at radius 3 is 2.50 bits per heavy atom. The molecular weight excluding hydrogens is 366 g/mol. The molecule has 0 radical (unpaired) electrons. The van der Waals surface area contributed by atoms with Gasteiger partial charge in [-0.25, -0.2) is 4.98 Å². The minimum Gasteiger partial charge on any atom is -0.349 e. The van der Waals surface area contributed by atoms with Gasteiger partial charge in [-0.15, -0.1) is 22.7 Å². The number of hydrogen-bond acceptors (Lipinski definition) is 5. The van der Waals surface area contributed by atoms with Crippen molar-refractivity contribution in [1.82, 2.24) is 15.6 Å². The van der Waals surface area contributed by atoms with E-state index >= 15 is 0 Å². The molecule has 0 aliphatic heterocycles. The molecule has 0 spiro atoms. The SMILES string of the molecule is Cc1nc(C(C)NC(=O)C2CCC(NC(=O)c3sccc3C)CC2)cs1. The van der Waals surface area contributed by atoms with Gasteiger partial charge in [-0.3, -0.25) is 9.59 Å². The second-order valence-corrected chi connectivity index (χ2v) is 8.95. The summed E-state index contributed by atoms with van der Waals surface area (Å²) in [5, 5.41) is 11.2. The Kier molecular flexibility index (Phi) is 6.09. The zero-order valence-corrected chi connectivity index (χ0v) is 17.0. The van der Waals surface area contributed by atoms with Crippen LogP contribution < -0.4 is 10.6 Å². The number of rotatable bonds is 5. The van der Waals surface area contributed by atoms with Crippen LogP contribution in [-0.2, 0) is 4.79 Å². The van der Waals surface area contributed by atoms with E-state index in [1.165, 1.54) is 11.3 Å². The van der Waals surface area contributed by atoms with Crippen LogP contribution in [0.1, 0.15) is 64.6 Å². The summed E-state index contributed by atoms with van der Waals surface area (Å²) >= 11 is 3.08. The third-order valence-corrected chi connectivity index (χ3v) is 6.75. The molecule has 7 heteroatoms. The van der Waals surface area contributed by atoms with Crippen molar-refractivity contribution >= 4 is 34.5 Å². The van der Waals surface area contributed by atoms with Gasteiger partial charge in [0.25, 0.3) is 5.91 Å². The molecule has 0 saturated heterocycles. The minimum atomic E-state index is -0.0633. The molecular formula is C19H25N3O2S2. The Bertz CT molecular complexity index is 775. The number of nitrogens with one attached hydrogen (secondary N) is 2. The Morgan fingerprint density at radius 2 is 1.92 bits per heavy atom. The quantitative estimate of drug-likeness (QED) is 0.810. The first-order chi connectivity index (χ1) is 12.4. The predicted molar refractivity (Wildman–Crippen MR) is 106 cm³/mol. The third-order valence-electron chi connectivity index (χ3n) is 4.94. The van der Waals surface area contributed by atoms with Gasteiger partial charge in [0, 0.05) is 17.3 Å². The molecule has 2 N–H and O–H groups in total. The Hall–Kier alpha value is -1.73. The maximum absolute atomic E-state index is 12.5. The van der Waals surface area contributed by atoms with E-state index in [0.717, 1.165) is 46.8 Å². The van der Waals surface area contributed by atoms with Gasteiger partial charge in [0.05, 0.1) is 21.6 Å². The Balaban J connectivity index is 1.46. The van der Waals surface area contributed by atoms with Crippen LogP contribution in [0.4, 0.5) is 0 Å². The average molecular weight is 392 g/mol. The molecule has 1 unspecified atom stereocenters. The molecule has 1 atom stereocenters. The smallest absolute Gasteiger partial charge is 0.261 e. The maximum Gasteiger partial charge on any atom is 0.261 e. The lowest BCUT2D eigenvalue weighted by molar-refractivity contribution is -0.126. The standard InChI is InChI=1S/C19H25N3O2S2/c1-11-8-9-25-17(11)19(24)22-15-6-4-14(5-7-15)18(23)20-12(2)16-10-26-13(3)21-16/h8-10,12,14-15H,4-7H2,1-3H3,(H,20,23)(H,22,24). The molecule has 3 rings (SSSR count). The topological polar surface area (TPSA) is 71.1 Å². The van der Waals surface area contributed by atoms with E-state index in [0.29, 0.717) is 0 Å². The molecule has 1 aliphatic rings. The van der Waals surface area contributed by atoms with Crippen molar-refractivity contribution in [2.45, 2.75) is 58.5 Å². The van der Waals surface area contributed by atoms with Crippen LogP contribution in [0, 0.1) is 19.8 Å². The largest absolute Gasteiger partial charge is 0.349 e. The fourth-order valence-electron chi connectivity index (χ4n) is 3.34. The highest BCUT2D eigenvalue weighted by atomic mass is 32.1. The number of carbonyl (C=O) groups excluding carboxylic acids is 2. The zero-order valence-electron chi connectivity index (χ0n) is 15.4. The molecule has 1 saturated carbocycles. The second kappa shape index (κ2) is 8.31. The van der Waals surface area contributed by atoms with Crippen molar-refractivity contribution < 1.29 is 9.59 Å². The summed E-state index contributed by atoms with van der Waals surface area (Å²) in [5.41, 5.74) is 1.94. The molecule has 2 aromatic heterocycles. The minimum absolute atomic E-state index is 0.0120. The molecule has 1 fully saturated rings. The molecule has 0 bridgehead atoms. The summed E-state index contributed by atoms with van der Waals surface area (Å²) in [6, 6.07) is 2.06. The number of thiophene rings is 1. The van der Waals surface area contributed by atoms with Gasteiger partial charge in [0.1, 0.15) is 0 Å². The van der Waals surface area contributed by atoms with E-state index in [-0.39, 0.29) is 29.8 Å². The van der Waals surface area contributed by atoms with E-state index in [2.05, 4.69) is 15.6 Å². The second-order valence-electron chi connectivity index (χ2n) is 6.98. The number of amides is 2. The van der Waals surface area contributed by atoms with Crippen molar-refractivity contribution in [3.8, 4) is 0 Å². The van der Waals surface area contributed by atoms with Crippen LogP contribution in [0.2, 0.25) is 0 Å². The number of hydrogen-bond donors (Lipinski definition) is 2. The molecule has 2 aromatic rings. The van der Waals surface area contributed by atoms with Crippen LogP contribution in [0.3, 0.4) is 0 Å². The summed E-state index contributed by atoms with van der Waals surface area (Å²) in [7, 11) is 0. The first kappa shape index (κ1) is 19.0. The van der Waals surface area contributed by atoms with Gasteiger partial charge in [-0.1, -0.05) is 0 Å². The highest BCUT2D eigenvalue weighted by Gasteiger charge is 2.28. The number of aryl methyl sites for hydroxylation is 2. The van der Waals surface area contributed by atoms with Crippen molar-refractivity contribution in [1.29, 1.82) is 0 Å². The van der Waals surface area contributed by atoms with Gasteiger partial charge < -0.3 is 10.6 Å². The fourth-order valence-corrected chi connectivity index (χ4v) is 4.87. The summed E-state index contributed by atoms with van der Waals surface area (Å²) < 4.78 is 0. The van der Waals surface area contributed by atoms with E-state index < -0.39 is 0 Å². The normalized spacial score (nSPS) is 21.2. The van der Waals surface area contributed by atoms with Crippen LogP contribution in [0.5, 0.6) is 0 Å². The highest BCUT2D eigenvalue weighted by Crippen LogP contribution is 2.26.